The standard InChI is InChI=1S/C13H20N2OS/c1-9-5-6-10(2)11(7-9)14-12(17)15-13(3,4)8-16/h5-7,16H,8H2,1-4H3,(H2,14,15,17). The Kier molecular flexibility index (Phi) is 4.48. The minimum absolute atomic E-state index is 0.0294. The van der Waals surface area contributed by atoms with Crippen molar-refractivity contribution in [1.82, 2.24) is 5.32 Å². The fraction of sp³-hybridized carbons (Fsp3) is 0.462. The Morgan fingerprint density at radius 3 is 2.59 bits per heavy atom. The Hall–Kier alpha value is -1.13. The van der Waals surface area contributed by atoms with Gasteiger partial charge in [-0.1, -0.05) is 12.1 Å². The Morgan fingerprint density at radius 2 is 2.00 bits per heavy atom. The Bertz CT molecular complexity index is 416. The van der Waals surface area contributed by atoms with Crippen molar-refractivity contribution in [2.24, 2.45) is 0 Å². The number of aliphatic hydroxyl groups is 1. The van der Waals surface area contributed by atoms with Crippen LogP contribution in [0.2, 0.25) is 0 Å². The summed E-state index contributed by atoms with van der Waals surface area (Å²) in [5, 5.41) is 15.9. The largest absolute Gasteiger partial charge is 0.394 e. The van der Waals surface area contributed by atoms with Crippen LogP contribution in [-0.4, -0.2) is 22.4 Å². The number of nitrogens with one attached hydrogen (secondary N) is 2. The van der Waals surface area contributed by atoms with Crippen LogP contribution in [0.15, 0.2) is 18.2 Å². The molecule has 0 aliphatic carbocycles. The summed E-state index contributed by atoms with van der Waals surface area (Å²) in [7, 11) is 0. The molecule has 0 aromatic heterocycles. The predicted molar refractivity (Wildman–Crippen MR) is 76.4 cm³/mol. The van der Waals surface area contributed by atoms with Crippen LogP contribution in [0.25, 0.3) is 0 Å². The lowest BCUT2D eigenvalue weighted by Gasteiger charge is -2.26. The molecule has 1 aromatic rings. The molecule has 0 fully saturated rings. The zero-order valence-electron chi connectivity index (χ0n) is 10.8. The van der Waals surface area contributed by atoms with Crippen LogP contribution in [0.4, 0.5) is 5.69 Å². The van der Waals surface area contributed by atoms with Gasteiger partial charge in [0.2, 0.25) is 0 Å². The third-order valence-electron chi connectivity index (χ3n) is 2.49. The topological polar surface area (TPSA) is 44.3 Å². The first-order chi connectivity index (χ1) is 7.84. The van der Waals surface area contributed by atoms with Gasteiger partial charge in [-0.15, -0.1) is 0 Å². The third kappa shape index (κ3) is 4.32. The number of rotatable bonds is 3. The third-order valence-corrected chi connectivity index (χ3v) is 2.69. The van der Waals surface area contributed by atoms with E-state index in [4.69, 9.17) is 17.3 Å². The van der Waals surface area contributed by atoms with E-state index in [1.807, 2.05) is 27.7 Å². The predicted octanol–water partition coefficient (Wildman–Crippen LogP) is 2.36. The van der Waals surface area contributed by atoms with E-state index < -0.39 is 5.54 Å². The SMILES string of the molecule is Cc1ccc(C)c(NC(=S)NC(C)(C)CO)c1. The van der Waals surface area contributed by atoms with Gasteiger partial charge in [0, 0.05) is 5.69 Å². The van der Waals surface area contributed by atoms with Crippen LogP contribution in [0, 0.1) is 13.8 Å². The first-order valence-electron chi connectivity index (χ1n) is 5.61. The minimum Gasteiger partial charge on any atom is -0.394 e. The van der Waals surface area contributed by atoms with E-state index >= 15 is 0 Å². The molecular formula is C13H20N2OS. The fourth-order valence-electron chi connectivity index (χ4n) is 1.37. The van der Waals surface area contributed by atoms with Crippen molar-refractivity contribution < 1.29 is 5.11 Å². The monoisotopic (exact) mass is 252 g/mol. The van der Waals surface area contributed by atoms with E-state index in [1.54, 1.807) is 0 Å². The number of hydrogen-bond donors (Lipinski definition) is 3. The summed E-state index contributed by atoms with van der Waals surface area (Å²) in [6, 6.07) is 6.17. The number of anilines is 1. The average Bonchev–Trinajstić information content (AvgIpc) is 2.23. The lowest BCUT2D eigenvalue weighted by atomic mass is 10.1. The molecule has 0 spiro atoms. The average molecular weight is 252 g/mol. The Morgan fingerprint density at radius 1 is 1.35 bits per heavy atom. The van der Waals surface area contributed by atoms with E-state index in [0.29, 0.717) is 5.11 Å². The quantitative estimate of drug-likeness (QED) is 0.723. The highest BCUT2D eigenvalue weighted by molar-refractivity contribution is 7.80. The van der Waals surface area contributed by atoms with Crippen molar-refractivity contribution in [3.63, 3.8) is 0 Å². The van der Waals surface area contributed by atoms with Crippen LogP contribution < -0.4 is 10.6 Å². The highest BCUT2D eigenvalue weighted by Gasteiger charge is 2.17. The van der Waals surface area contributed by atoms with Crippen molar-refractivity contribution >= 4 is 23.0 Å². The van der Waals surface area contributed by atoms with Crippen molar-refractivity contribution in [2.75, 3.05) is 11.9 Å². The fourth-order valence-corrected chi connectivity index (χ4v) is 1.76. The number of aryl methyl sites for hydroxylation is 2. The first-order valence-corrected chi connectivity index (χ1v) is 6.02. The summed E-state index contributed by atoms with van der Waals surface area (Å²) >= 11 is 5.22. The maximum Gasteiger partial charge on any atom is 0.171 e. The molecule has 0 aliphatic rings. The molecule has 0 saturated carbocycles. The van der Waals surface area contributed by atoms with Crippen LogP contribution in [0.3, 0.4) is 0 Å². The molecule has 4 heteroatoms. The van der Waals surface area contributed by atoms with Gasteiger partial charge in [0.05, 0.1) is 12.1 Å². The molecule has 0 heterocycles. The van der Waals surface area contributed by atoms with Crippen molar-refractivity contribution in [3.8, 4) is 0 Å². The second-order valence-corrected chi connectivity index (χ2v) is 5.35. The summed E-state index contributed by atoms with van der Waals surface area (Å²) in [6.07, 6.45) is 0. The van der Waals surface area contributed by atoms with Gasteiger partial charge in [-0.05, 0) is 57.1 Å². The summed E-state index contributed by atoms with van der Waals surface area (Å²) in [4.78, 5) is 0. The van der Waals surface area contributed by atoms with Crippen molar-refractivity contribution in [2.45, 2.75) is 33.2 Å². The van der Waals surface area contributed by atoms with Gasteiger partial charge < -0.3 is 15.7 Å². The highest BCUT2D eigenvalue weighted by atomic mass is 32.1. The lowest BCUT2D eigenvalue weighted by Crippen LogP contribution is -2.48. The van der Waals surface area contributed by atoms with E-state index in [1.165, 1.54) is 5.56 Å². The van der Waals surface area contributed by atoms with Crippen LogP contribution in [-0.2, 0) is 0 Å². The number of hydrogen-bond acceptors (Lipinski definition) is 2. The smallest absolute Gasteiger partial charge is 0.171 e. The normalized spacial score (nSPS) is 11.1. The second kappa shape index (κ2) is 5.47. The van der Waals surface area contributed by atoms with Gasteiger partial charge in [-0.2, -0.15) is 0 Å². The van der Waals surface area contributed by atoms with Gasteiger partial charge in [-0.25, -0.2) is 0 Å². The molecule has 0 bridgehead atoms. The number of benzene rings is 1. The van der Waals surface area contributed by atoms with Crippen molar-refractivity contribution in [1.29, 1.82) is 0 Å². The molecule has 1 rings (SSSR count). The summed E-state index contributed by atoms with van der Waals surface area (Å²) in [6.45, 7) is 7.89. The summed E-state index contributed by atoms with van der Waals surface area (Å²) < 4.78 is 0. The van der Waals surface area contributed by atoms with Gasteiger partial charge in [0.15, 0.2) is 5.11 Å². The summed E-state index contributed by atoms with van der Waals surface area (Å²) in [5.74, 6) is 0. The van der Waals surface area contributed by atoms with E-state index in [2.05, 4.69) is 28.8 Å². The molecule has 0 radical (unpaired) electrons. The van der Waals surface area contributed by atoms with E-state index in [9.17, 15) is 0 Å². The second-order valence-electron chi connectivity index (χ2n) is 4.94. The van der Waals surface area contributed by atoms with E-state index in [0.717, 1.165) is 11.3 Å². The molecule has 0 unspecified atom stereocenters. The van der Waals surface area contributed by atoms with E-state index in [-0.39, 0.29) is 6.61 Å². The maximum atomic E-state index is 9.16. The molecule has 1 aromatic carbocycles. The molecular weight excluding hydrogens is 232 g/mol. The Balaban J connectivity index is 2.71. The maximum absolute atomic E-state index is 9.16. The number of aliphatic hydroxyl groups excluding tert-OH is 1. The molecule has 0 amide bonds. The van der Waals surface area contributed by atoms with Crippen molar-refractivity contribution in [3.05, 3.63) is 29.3 Å². The van der Waals surface area contributed by atoms with Crippen LogP contribution in [0.5, 0.6) is 0 Å². The Labute approximate surface area is 108 Å². The zero-order chi connectivity index (χ0) is 13.1. The summed E-state index contributed by atoms with van der Waals surface area (Å²) in [5.41, 5.74) is 2.90. The minimum atomic E-state index is -0.415. The molecule has 3 N–H and O–H groups in total. The molecule has 17 heavy (non-hydrogen) atoms. The highest BCUT2D eigenvalue weighted by Crippen LogP contribution is 2.16. The van der Waals surface area contributed by atoms with Gasteiger partial charge >= 0.3 is 0 Å². The molecule has 0 atom stereocenters. The molecule has 3 nitrogen and oxygen atoms in total. The van der Waals surface area contributed by atoms with Crippen LogP contribution >= 0.6 is 12.2 Å². The van der Waals surface area contributed by atoms with Gasteiger partial charge in [-0.3, -0.25) is 0 Å². The molecule has 94 valence electrons. The lowest BCUT2D eigenvalue weighted by molar-refractivity contribution is 0.207. The number of thiocarbonyl (C=S) groups is 1. The van der Waals surface area contributed by atoms with Crippen LogP contribution in [0.1, 0.15) is 25.0 Å². The molecule has 0 saturated heterocycles. The first kappa shape index (κ1) is 13.9. The zero-order valence-corrected chi connectivity index (χ0v) is 11.6. The van der Waals surface area contributed by atoms with Gasteiger partial charge in [0.1, 0.15) is 0 Å². The van der Waals surface area contributed by atoms with Gasteiger partial charge in [0.25, 0.3) is 0 Å². The molecule has 0 aliphatic heterocycles.